The van der Waals surface area contributed by atoms with Gasteiger partial charge in [-0.2, -0.15) is 0 Å². The summed E-state index contributed by atoms with van der Waals surface area (Å²) in [5.41, 5.74) is 0.729. The topological polar surface area (TPSA) is 17.1 Å². The van der Waals surface area contributed by atoms with Crippen LogP contribution in [0.25, 0.3) is 32.3 Å². The number of hydrogen-bond acceptors (Lipinski definition) is 1. The van der Waals surface area contributed by atoms with Crippen LogP contribution in [0.2, 0.25) is 0 Å². The summed E-state index contributed by atoms with van der Waals surface area (Å²) >= 11 is 0. The fourth-order valence-electron chi connectivity index (χ4n) is 2.77. The molecule has 0 aliphatic carbocycles. The third-order valence-corrected chi connectivity index (χ3v) is 3.55. The lowest BCUT2D eigenvalue weighted by molar-refractivity contribution is 0.112. The molecule has 0 N–H and O–H groups in total. The Kier molecular flexibility index (Phi) is 1.76. The molecule has 0 fully saturated rings. The lowest BCUT2D eigenvalue weighted by Crippen LogP contribution is -1.86. The summed E-state index contributed by atoms with van der Waals surface area (Å²) in [4.78, 5) is 11.0. The summed E-state index contributed by atoms with van der Waals surface area (Å²) < 4.78 is 0. The molecule has 0 aliphatic rings. The van der Waals surface area contributed by atoms with E-state index in [2.05, 4.69) is 30.3 Å². The molecule has 0 atom stereocenters. The number of benzene rings is 4. The molecule has 18 heavy (non-hydrogen) atoms. The highest BCUT2D eigenvalue weighted by Crippen LogP contribution is 2.34. The predicted molar refractivity (Wildman–Crippen MR) is 74.4 cm³/mol. The molecule has 1 radical (unpaired) electrons. The van der Waals surface area contributed by atoms with E-state index in [4.69, 9.17) is 0 Å². The average Bonchev–Trinajstić information content (AvgIpc) is 2.44. The highest BCUT2D eigenvalue weighted by molar-refractivity contribution is 6.23. The van der Waals surface area contributed by atoms with E-state index in [0.29, 0.717) is 0 Å². The van der Waals surface area contributed by atoms with Crippen LogP contribution in [-0.4, -0.2) is 6.29 Å². The first kappa shape index (κ1) is 9.60. The molecule has 4 aromatic carbocycles. The van der Waals surface area contributed by atoms with Crippen molar-refractivity contribution in [2.75, 3.05) is 0 Å². The quantitative estimate of drug-likeness (QED) is 0.353. The monoisotopic (exact) mass is 229 g/mol. The van der Waals surface area contributed by atoms with Crippen molar-refractivity contribution in [1.82, 2.24) is 0 Å². The van der Waals surface area contributed by atoms with Crippen LogP contribution >= 0.6 is 0 Å². The van der Waals surface area contributed by atoms with E-state index >= 15 is 0 Å². The molecule has 0 bridgehead atoms. The highest BCUT2D eigenvalue weighted by Gasteiger charge is 2.08. The maximum atomic E-state index is 11.0. The Bertz CT molecular complexity index is 826. The van der Waals surface area contributed by atoms with Crippen molar-refractivity contribution >= 4 is 38.6 Å². The third-order valence-electron chi connectivity index (χ3n) is 3.55. The Labute approximate surface area is 104 Å². The van der Waals surface area contributed by atoms with Crippen LogP contribution in [0.15, 0.2) is 48.5 Å². The van der Waals surface area contributed by atoms with E-state index in [-0.39, 0.29) is 0 Å². The maximum absolute atomic E-state index is 11.0. The highest BCUT2D eigenvalue weighted by atomic mass is 16.1. The Balaban J connectivity index is 2.38. The number of carbonyl (C=O) groups excluding carboxylic acids is 1. The van der Waals surface area contributed by atoms with Crippen LogP contribution in [0.5, 0.6) is 0 Å². The lowest BCUT2D eigenvalue weighted by Gasteiger charge is -2.10. The molecule has 0 spiro atoms. The van der Waals surface area contributed by atoms with Gasteiger partial charge in [0, 0.05) is 5.56 Å². The molecule has 0 saturated carbocycles. The minimum atomic E-state index is 0.729. The zero-order chi connectivity index (χ0) is 12.1. The Morgan fingerprint density at radius 1 is 0.778 bits per heavy atom. The maximum Gasteiger partial charge on any atom is 0.150 e. The van der Waals surface area contributed by atoms with Gasteiger partial charge >= 0.3 is 0 Å². The summed E-state index contributed by atoms with van der Waals surface area (Å²) in [6, 6.07) is 19.4. The van der Waals surface area contributed by atoms with Gasteiger partial charge in [-0.1, -0.05) is 24.3 Å². The van der Waals surface area contributed by atoms with Crippen molar-refractivity contribution in [3.63, 3.8) is 0 Å². The van der Waals surface area contributed by atoms with Crippen molar-refractivity contribution in [2.45, 2.75) is 0 Å². The second kappa shape index (κ2) is 3.30. The summed E-state index contributed by atoms with van der Waals surface area (Å²) in [6.07, 6.45) is 0.905. The molecule has 0 saturated heterocycles. The van der Waals surface area contributed by atoms with Crippen molar-refractivity contribution in [2.24, 2.45) is 0 Å². The second-order valence-corrected chi connectivity index (χ2v) is 4.60. The SMILES string of the molecule is O=Cc1cc2ccc3c[c]cc4ccc(c1)c2c34. The smallest absolute Gasteiger partial charge is 0.150 e. The number of aldehydes is 1. The average molecular weight is 229 g/mol. The van der Waals surface area contributed by atoms with Gasteiger partial charge in [0.2, 0.25) is 0 Å². The van der Waals surface area contributed by atoms with E-state index in [9.17, 15) is 4.79 Å². The van der Waals surface area contributed by atoms with Crippen LogP contribution in [0.1, 0.15) is 10.4 Å². The number of hydrogen-bond donors (Lipinski definition) is 0. The van der Waals surface area contributed by atoms with Gasteiger partial charge in [0.05, 0.1) is 0 Å². The van der Waals surface area contributed by atoms with Crippen LogP contribution in [-0.2, 0) is 0 Å². The molecule has 4 rings (SSSR count). The Hall–Kier alpha value is -2.41. The van der Waals surface area contributed by atoms with Crippen LogP contribution in [0.3, 0.4) is 0 Å². The van der Waals surface area contributed by atoms with Crippen molar-refractivity contribution in [3.8, 4) is 0 Å². The normalized spacial score (nSPS) is 11.6. The summed E-state index contributed by atoms with van der Waals surface area (Å²) in [5.74, 6) is 0. The van der Waals surface area contributed by atoms with Gasteiger partial charge < -0.3 is 0 Å². The molecule has 0 heterocycles. The summed E-state index contributed by atoms with van der Waals surface area (Å²) in [5, 5.41) is 7.15. The van der Waals surface area contributed by atoms with Gasteiger partial charge in [-0.25, -0.2) is 0 Å². The number of carbonyl (C=O) groups is 1. The molecule has 1 nitrogen and oxygen atoms in total. The first-order valence-electron chi connectivity index (χ1n) is 5.91. The lowest BCUT2D eigenvalue weighted by atomic mass is 9.93. The van der Waals surface area contributed by atoms with E-state index in [1.54, 1.807) is 0 Å². The summed E-state index contributed by atoms with van der Waals surface area (Å²) in [6.45, 7) is 0. The molecular formula is C17H9O. The van der Waals surface area contributed by atoms with Crippen LogP contribution in [0, 0.1) is 6.07 Å². The Morgan fingerprint density at radius 2 is 1.28 bits per heavy atom. The first-order valence-corrected chi connectivity index (χ1v) is 5.91. The van der Waals surface area contributed by atoms with Gasteiger partial charge in [-0.3, -0.25) is 4.79 Å². The molecule has 83 valence electrons. The zero-order valence-electron chi connectivity index (χ0n) is 9.60. The first-order chi connectivity index (χ1) is 8.86. The van der Waals surface area contributed by atoms with Crippen molar-refractivity contribution < 1.29 is 4.79 Å². The molecule has 0 unspecified atom stereocenters. The van der Waals surface area contributed by atoms with E-state index < -0.39 is 0 Å². The fraction of sp³-hybridized carbons (Fsp3) is 0. The molecular weight excluding hydrogens is 220 g/mol. The molecule has 4 aromatic rings. The van der Waals surface area contributed by atoms with Gasteiger partial charge in [-0.05, 0) is 62.6 Å². The van der Waals surface area contributed by atoms with Gasteiger partial charge in [-0.15, -0.1) is 0 Å². The zero-order valence-corrected chi connectivity index (χ0v) is 9.60. The van der Waals surface area contributed by atoms with Gasteiger partial charge in [0.25, 0.3) is 0 Å². The van der Waals surface area contributed by atoms with Gasteiger partial charge in [0.1, 0.15) is 6.29 Å². The van der Waals surface area contributed by atoms with E-state index in [0.717, 1.165) is 22.6 Å². The van der Waals surface area contributed by atoms with E-state index in [1.165, 1.54) is 21.5 Å². The predicted octanol–water partition coefficient (Wildman–Crippen LogP) is 4.20. The third kappa shape index (κ3) is 1.13. The van der Waals surface area contributed by atoms with Crippen LogP contribution < -0.4 is 0 Å². The summed E-state index contributed by atoms with van der Waals surface area (Å²) in [7, 11) is 0. The van der Waals surface area contributed by atoms with Crippen LogP contribution in [0.4, 0.5) is 0 Å². The minimum absolute atomic E-state index is 0.729. The van der Waals surface area contributed by atoms with Crippen molar-refractivity contribution in [1.29, 1.82) is 0 Å². The van der Waals surface area contributed by atoms with E-state index in [1.807, 2.05) is 24.3 Å². The molecule has 0 aliphatic heterocycles. The minimum Gasteiger partial charge on any atom is -0.298 e. The van der Waals surface area contributed by atoms with Gasteiger partial charge in [0.15, 0.2) is 0 Å². The fourth-order valence-corrected chi connectivity index (χ4v) is 2.77. The Morgan fingerprint density at radius 3 is 1.83 bits per heavy atom. The second-order valence-electron chi connectivity index (χ2n) is 4.60. The van der Waals surface area contributed by atoms with Crippen molar-refractivity contribution in [3.05, 3.63) is 60.2 Å². The largest absolute Gasteiger partial charge is 0.298 e. The molecule has 0 amide bonds. The standard InChI is InChI=1S/C17H9O/c18-10-11-8-14-6-4-12-2-1-3-13-5-7-15(9-11)17(14)16(12)13/h2-10H. The number of rotatable bonds is 1. The molecule has 1 heteroatoms. The molecule has 0 aromatic heterocycles.